The van der Waals surface area contributed by atoms with Gasteiger partial charge in [-0.2, -0.15) is 5.26 Å². The highest BCUT2D eigenvalue weighted by molar-refractivity contribution is 5.47. The van der Waals surface area contributed by atoms with Gasteiger partial charge in [0.2, 0.25) is 0 Å². The second-order valence-electron chi connectivity index (χ2n) is 6.10. The maximum atomic E-state index is 9.16. The van der Waals surface area contributed by atoms with Crippen molar-refractivity contribution < 1.29 is 4.74 Å². The van der Waals surface area contributed by atoms with Gasteiger partial charge in [-0.3, -0.25) is 0 Å². The van der Waals surface area contributed by atoms with E-state index in [1.807, 2.05) is 18.2 Å². The molecule has 0 spiro atoms. The van der Waals surface area contributed by atoms with Crippen LogP contribution in [-0.4, -0.2) is 6.10 Å². The van der Waals surface area contributed by atoms with E-state index in [1.165, 1.54) is 18.4 Å². The summed E-state index contributed by atoms with van der Waals surface area (Å²) in [6, 6.07) is 8.17. The van der Waals surface area contributed by atoms with E-state index >= 15 is 0 Å². The lowest BCUT2D eigenvalue weighted by Gasteiger charge is -2.21. The number of ether oxygens (including phenoxy) is 1. The summed E-state index contributed by atoms with van der Waals surface area (Å²) in [6.07, 6.45) is 5.01. The van der Waals surface area contributed by atoms with E-state index in [1.54, 1.807) is 0 Å². The van der Waals surface area contributed by atoms with Crippen molar-refractivity contribution in [3.05, 3.63) is 29.3 Å². The summed E-state index contributed by atoms with van der Waals surface area (Å²) in [4.78, 5) is 0. The molecule has 96 valence electrons. The Morgan fingerprint density at radius 2 is 1.89 bits per heavy atom. The van der Waals surface area contributed by atoms with Crippen molar-refractivity contribution in [2.45, 2.75) is 58.0 Å². The minimum Gasteiger partial charge on any atom is -0.489 e. The van der Waals surface area contributed by atoms with Crippen LogP contribution in [0.4, 0.5) is 0 Å². The maximum absolute atomic E-state index is 9.16. The van der Waals surface area contributed by atoms with Crippen LogP contribution in [0.3, 0.4) is 0 Å². The molecule has 0 bridgehead atoms. The lowest BCUT2D eigenvalue weighted by molar-refractivity contribution is 0.209. The Morgan fingerprint density at radius 3 is 2.44 bits per heavy atom. The summed E-state index contributed by atoms with van der Waals surface area (Å²) in [5.74, 6) is 0.761. The molecule has 1 aliphatic carbocycles. The fourth-order valence-corrected chi connectivity index (χ4v) is 2.36. The number of benzene rings is 1. The molecule has 0 aliphatic heterocycles. The number of nitrogens with zero attached hydrogens (tertiary/aromatic N) is 1. The highest BCUT2D eigenvalue weighted by atomic mass is 16.5. The molecule has 18 heavy (non-hydrogen) atoms. The van der Waals surface area contributed by atoms with Crippen molar-refractivity contribution >= 4 is 0 Å². The van der Waals surface area contributed by atoms with Gasteiger partial charge in [0.1, 0.15) is 11.8 Å². The average molecular weight is 243 g/mol. The van der Waals surface area contributed by atoms with E-state index < -0.39 is 0 Å². The van der Waals surface area contributed by atoms with E-state index in [9.17, 15) is 0 Å². The topological polar surface area (TPSA) is 33.0 Å². The van der Waals surface area contributed by atoms with Crippen molar-refractivity contribution in [2.24, 2.45) is 0 Å². The van der Waals surface area contributed by atoms with Crippen LogP contribution in [0, 0.1) is 11.3 Å². The molecular formula is C16H21NO. The predicted octanol–water partition coefficient (Wildman–Crippen LogP) is 4.18. The van der Waals surface area contributed by atoms with E-state index in [2.05, 4.69) is 26.8 Å². The van der Waals surface area contributed by atoms with Crippen LogP contribution in [0.1, 0.15) is 57.6 Å². The normalized spacial score (nSPS) is 16.6. The van der Waals surface area contributed by atoms with Crippen LogP contribution < -0.4 is 4.74 Å². The molecule has 1 aromatic rings. The third kappa shape index (κ3) is 2.85. The molecule has 1 saturated carbocycles. The van der Waals surface area contributed by atoms with Gasteiger partial charge >= 0.3 is 0 Å². The van der Waals surface area contributed by atoms with Gasteiger partial charge in [-0.05, 0) is 48.8 Å². The molecule has 0 amide bonds. The fourth-order valence-electron chi connectivity index (χ4n) is 2.36. The van der Waals surface area contributed by atoms with E-state index in [-0.39, 0.29) is 5.41 Å². The number of hydrogen-bond donors (Lipinski definition) is 0. The fraction of sp³-hybridized carbons (Fsp3) is 0.562. The van der Waals surface area contributed by atoms with Gasteiger partial charge in [0.05, 0.1) is 11.7 Å². The van der Waals surface area contributed by atoms with Crippen LogP contribution in [0.25, 0.3) is 0 Å². The maximum Gasteiger partial charge on any atom is 0.137 e. The van der Waals surface area contributed by atoms with Gasteiger partial charge in [-0.1, -0.05) is 26.8 Å². The SMILES string of the molecule is CC(C)(C)c1ccc(C#N)c(OC2CCCC2)c1. The van der Waals surface area contributed by atoms with Crippen LogP contribution in [0.15, 0.2) is 18.2 Å². The van der Waals surface area contributed by atoms with Crippen LogP contribution >= 0.6 is 0 Å². The van der Waals surface area contributed by atoms with E-state index in [0.717, 1.165) is 18.6 Å². The molecule has 0 saturated heterocycles. The smallest absolute Gasteiger partial charge is 0.137 e. The average Bonchev–Trinajstić information content (AvgIpc) is 2.80. The first kappa shape index (κ1) is 13.0. The van der Waals surface area contributed by atoms with E-state index in [4.69, 9.17) is 10.00 Å². The molecule has 0 N–H and O–H groups in total. The van der Waals surface area contributed by atoms with Crippen LogP contribution in [-0.2, 0) is 5.41 Å². The van der Waals surface area contributed by atoms with Crippen molar-refractivity contribution in [1.82, 2.24) is 0 Å². The minimum absolute atomic E-state index is 0.0851. The molecule has 0 atom stereocenters. The summed E-state index contributed by atoms with van der Waals surface area (Å²) in [5, 5.41) is 9.16. The highest BCUT2D eigenvalue weighted by Gasteiger charge is 2.20. The summed E-state index contributed by atoms with van der Waals surface area (Å²) < 4.78 is 6.01. The quantitative estimate of drug-likeness (QED) is 0.780. The van der Waals surface area contributed by atoms with E-state index in [0.29, 0.717) is 11.7 Å². The van der Waals surface area contributed by atoms with Gasteiger partial charge < -0.3 is 4.74 Å². The van der Waals surface area contributed by atoms with Gasteiger partial charge in [0, 0.05) is 0 Å². The van der Waals surface area contributed by atoms with Gasteiger partial charge in [-0.15, -0.1) is 0 Å². The third-order valence-corrected chi connectivity index (χ3v) is 3.56. The Bertz CT molecular complexity index is 459. The molecule has 0 heterocycles. The van der Waals surface area contributed by atoms with Gasteiger partial charge in [0.15, 0.2) is 0 Å². The summed E-state index contributed by atoms with van der Waals surface area (Å²) in [6.45, 7) is 6.52. The summed E-state index contributed by atoms with van der Waals surface area (Å²) in [7, 11) is 0. The lowest BCUT2D eigenvalue weighted by Crippen LogP contribution is -2.15. The van der Waals surface area contributed by atoms with Crippen molar-refractivity contribution in [2.75, 3.05) is 0 Å². The number of rotatable bonds is 2. The van der Waals surface area contributed by atoms with Crippen LogP contribution in [0.5, 0.6) is 5.75 Å². The lowest BCUT2D eigenvalue weighted by atomic mass is 9.86. The zero-order valence-electron chi connectivity index (χ0n) is 11.5. The zero-order valence-corrected chi connectivity index (χ0v) is 11.5. The molecular weight excluding hydrogens is 222 g/mol. The Morgan fingerprint density at radius 1 is 1.22 bits per heavy atom. The Balaban J connectivity index is 2.28. The first-order valence-corrected chi connectivity index (χ1v) is 6.72. The molecule has 0 aromatic heterocycles. The standard InChI is InChI=1S/C16H21NO/c1-16(2,3)13-9-8-12(11-17)15(10-13)18-14-6-4-5-7-14/h8-10,14H,4-7H2,1-3H3. The second kappa shape index (κ2) is 5.02. The van der Waals surface area contributed by atoms with Crippen molar-refractivity contribution in [3.63, 3.8) is 0 Å². The summed E-state index contributed by atoms with van der Waals surface area (Å²) in [5.41, 5.74) is 1.95. The molecule has 2 nitrogen and oxygen atoms in total. The van der Waals surface area contributed by atoms with Crippen molar-refractivity contribution in [1.29, 1.82) is 5.26 Å². The number of hydrogen-bond acceptors (Lipinski definition) is 2. The largest absolute Gasteiger partial charge is 0.489 e. The second-order valence-corrected chi connectivity index (χ2v) is 6.10. The highest BCUT2D eigenvalue weighted by Crippen LogP contribution is 2.31. The summed E-state index contributed by atoms with van der Waals surface area (Å²) >= 11 is 0. The molecule has 1 fully saturated rings. The number of nitriles is 1. The monoisotopic (exact) mass is 243 g/mol. The first-order valence-electron chi connectivity index (χ1n) is 6.72. The Hall–Kier alpha value is -1.49. The van der Waals surface area contributed by atoms with Crippen LogP contribution in [0.2, 0.25) is 0 Å². The molecule has 1 aliphatic rings. The third-order valence-electron chi connectivity index (χ3n) is 3.56. The molecule has 0 unspecified atom stereocenters. The predicted molar refractivity (Wildman–Crippen MR) is 72.7 cm³/mol. The van der Waals surface area contributed by atoms with Crippen molar-refractivity contribution in [3.8, 4) is 11.8 Å². The molecule has 2 heteroatoms. The molecule has 1 aromatic carbocycles. The molecule has 0 radical (unpaired) electrons. The molecule has 2 rings (SSSR count). The minimum atomic E-state index is 0.0851. The van der Waals surface area contributed by atoms with Gasteiger partial charge in [0.25, 0.3) is 0 Å². The zero-order chi connectivity index (χ0) is 13.2. The first-order chi connectivity index (χ1) is 8.50. The Labute approximate surface area is 110 Å². The van der Waals surface area contributed by atoms with Gasteiger partial charge in [-0.25, -0.2) is 0 Å². The Kier molecular flexibility index (Phi) is 3.61.